The molecule has 1 unspecified atom stereocenters. The number of hydrogen-bond acceptors (Lipinski definition) is 4. The van der Waals surface area contributed by atoms with Gasteiger partial charge in [0.05, 0.1) is 6.04 Å². The van der Waals surface area contributed by atoms with Gasteiger partial charge in [-0.15, -0.1) is 0 Å². The summed E-state index contributed by atoms with van der Waals surface area (Å²) < 4.78 is 5.11. The largest absolute Gasteiger partial charge is 0.520 e. The Bertz CT molecular complexity index is 289. The molecule has 1 atom stereocenters. The molecule has 2 amide bonds. The minimum Gasteiger partial charge on any atom is -0.520 e. The minimum atomic E-state index is -0.843. The van der Waals surface area contributed by atoms with Gasteiger partial charge in [0, 0.05) is 13.5 Å². The maximum Gasteiger partial charge on any atom is 0.326 e. The van der Waals surface area contributed by atoms with E-state index in [0.29, 0.717) is 0 Å². The van der Waals surface area contributed by atoms with Crippen LogP contribution in [-0.4, -0.2) is 37.0 Å². The summed E-state index contributed by atoms with van der Waals surface area (Å²) in [5.74, 6) is -0.768. The van der Waals surface area contributed by atoms with Crippen LogP contribution in [0.15, 0.2) is 0 Å². The Hall–Kier alpha value is -2.59. The molecule has 0 bridgehead atoms. The summed E-state index contributed by atoms with van der Waals surface area (Å²) >= 11 is 0. The van der Waals surface area contributed by atoms with Crippen LogP contribution in [0.4, 0.5) is 0 Å². The average molecular weight is 500 g/mol. The van der Waals surface area contributed by atoms with E-state index in [1.807, 2.05) is 0 Å². The summed E-state index contributed by atoms with van der Waals surface area (Å²) in [6.07, 6.45) is 1.76. The van der Waals surface area contributed by atoms with E-state index < -0.39 is 17.6 Å². The Morgan fingerprint density at radius 3 is 2.28 bits per heavy atom. The van der Waals surface area contributed by atoms with E-state index in [1.54, 1.807) is 20.8 Å². The third-order valence-corrected chi connectivity index (χ3v) is 1.86. The van der Waals surface area contributed by atoms with E-state index in [-0.39, 0.29) is 18.7 Å². The quantitative estimate of drug-likeness (QED) is 0.303. The summed E-state index contributed by atoms with van der Waals surface area (Å²) in [5.41, 5.74) is -0.632. The smallest absolute Gasteiger partial charge is 0.326 e. The first kappa shape index (κ1) is 17.8. The molecule has 18 heavy (non-hydrogen) atoms. The van der Waals surface area contributed by atoms with Crippen molar-refractivity contribution in [2.24, 2.45) is 0 Å². The third kappa shape index (κ3) is 7.67. The van der Waals surface area contributed by atoms with Crippen molar-refractivity contribution in [2.75, 3.05) is 7.05 Å². The zero-order valence-electron chi connectivity index (χ0n) is 10.9. The molecule has 0 aromatic rings. The fourth-order valence-corrected chi connectivity index (χ4v) is 1.09. The van der Waals surface area contributed by atoms with Crippen molar-refractivity contribution in [1.82, 2.24) is 10.6 Å². The van der Waals surface area contributed by atoms with Gasteiger partial charge in [0.2, 0.25) is 5.91 Å². The number of nitrogens with one attached hydrogen (secondary N) is 2. The van der Waals surface area contributed by atoms with Gasteiger partial charge < -0.3 is 20.2 Å². The molecule has 0 spiro atoms. The monoisotopic (exact) mass is 500 g/mol. The van der Waals surface area contributed by atoms with Crippen LogP contribution in [-0.2, 0) is 19.1 Å². The molecule has 6 nitrogen and oxygen atoms in total. The van der Waals surface area contributed by atoms with Gasteiger partial charge in [-0.3, -0.25) is 4.79 Å². The molecule has 0 aliphatic heterocycles. The molecule has 2 N–H and O–H groups in total. The fraction of sp³-hybridized carbons (Fsp3) is 0.727. The van der Waals surface area contributed by atoms with Crippen molar-refractivity contribution < 1.29 is 19.1 Å². The van der Waals surface area contributed by atoms with Crippen molar-refractivity contribution in [1.29, 1.82) is 0 Å². The standard InChI is InChI=1S/C11H19N2O4.Fm/c1-11(2,3)17-10(16)8(13-7-14)5-6-9(15)12-4;/h8H,5-6H2,1-4H3,(H,12,15)(H,13,14);/q-1;. The molecule has 0 aromatic heterocycles. The Labute approximate surface area is 101 Å². The predicted molar refractivity (Wildman–Crippen MR) is 61.8 cm³/mol. The molecule has 0 radical (unpaired) electrons. The van der Waals surface area contributed by atoms with Crippen molar-refractivity contribution in [3.63, 3.8) is 0 Å². The molecular weight excluding hydrogens is 481 g/mol. The van der Waals surface area contributed by atoms with Crippen molar-refractivity contribution in [3.05, 3.63) is 0 Å². The first-order valence-electron chi connectivity index (χ1n) is 5.36. The number of rotatable bonds is 6. The van der Waals surface area contributed by atoms with Crippen LogP contribution in [0.1, 0.15) is 33.6 Å². The SMILES string of the molecule is CNC(=O)CCC(N[C-]=O)C(=O)OC(C)(C)C.[Fm]. The summed E-state index contributed by atoms with van der Waals surface area (Å²) in [5, 5.41) is 4.66. The van der Waals surface area contributed by atoms with E-state index >= 15 is 0 Å². The van der Waals surface area contributed by atoms with Gasteiger partial charge in [0.15, 0.2) is 0 Å². The van der Waals surface area contributed by atoms with Gasteiger partial charge in [0.25, 0.3) is 0 Å². The van der Waals surface area contributed by atoms with Gasteiger partial charge in [-0.05, 0) is 27.2 Å². The Morgan fingerprint density at radius 2 is 1.89 bits per heavy atom. The molecule has 0 rings (SSSR count). The number of hydrogen-bond donors (Lipinski definition) is 2. The van der Waals surface area contributed by atoms with Crippen LogP contribution in [0.3, 0.4) is 0 Å². The molecule has 0 saturated carbocycles. The number of carbonyl (C=O) groups excluding carboxylic acids is 3. The second-order valence-corrected chi connectivity index (χ2v) is 4.54. The summed E-state index contributed by atoms with van der Waals surface area (Å²) in [7, 11) is 1.50. The summed E-state index contributed by atoms with van der Waals surface area (Å²) in [6, 6.07) is -0.843. The van der Waals surface area contributed by atoms with E-state index in [9.17, 15) is 14.4 Å². The topological polar surface area (TPSA) is 84.5 Å². The van der Waals surface area contributed by atoms with Gasteiger partial charge >= 0.3 is 5.97 Å². The zero-order chi connectivity index (χ0) is 13.5. The Morgan fingerprint density at radius 1 is 1.33 bits per heavy atom. The van der Waals surface area contributed by atoms with Crippen molar-refractivity contribution >= 4 is 18.3 Å². The third-order valence-electron chi connectivity index (χ3n) is 1.86. The molecule has 110 valence electrons. The van der Waals surface area contributed by atoms with Crippen LogP contribution in [0.25, 0.3) is 0 Å². The van der Waals surface area contributed by atoms with Crippen LogP contribution >= 0.6 is 0 Å². The maximum absolute atomic E-state index is 11.7. The molecule has 0 saturated heterocycles. The number of ether oxygens (including phenoxy) is 1. The normalized spacial score (nSPS) is 11.8. The van der Waals surface area contributed by atoms with Crippen LogP contribution in [0.5, 0.6) is 0 Å². The first-order chi connectivity index (χ1) is 7.80. The number of carbonyl (C=O) groups is 2. The Kier molecular flexibility index (Phi) is 7.56. The van der Waals surface area contributed by atoms with Crippen molar-refractivity contribution in [3.8, 4) is 0 Å². The number of esters is 1. The molecule has 0 fully saturated rings. The molecule has 0 aliphatic carbocycles. The summed E-state index contributed by atoms with van der Waals surface area (Å²) in [4.78, 5) is 32.9. The molecule has 0 aliphatic rings. The van der Waals surface area contributed by atoms with Crippen molar-refractivity contribution in [2.45, 2.75) is 45.3 Å². The fourth-order valence-electron chi connectivity index (χ4n) is 1.09. The Balaban J connectivity index is 0. The molecule has 7 heteroatoms. The summed E-state index contributed by atoms with van der Waals surface area (Å²) in [6.45, 7) is 5.18. The van der Waals surface area contributed by atoms with Gasteiger partial charge in [-0.1, -0.05) is 0 Å². The maximum atomic E-state index is 11.7. The van der Waals surface area contributed by atoms with Crippen LogP contribution in [0, 0.1) is 0 Å². The van der Waals surface area contributed by atoms with Gasteiger partial charge in [-0.2, -0.15) is 6.41 Å². The zero-order valence-corrected chi connectivity index (χ0v) is 13.3. The average Bonchev–Trinajstić information content (AvgIpc) is 2.20. The van der Waals surface area contributed by atoms with Crippen LogP contribution < -0.4 is 10.6 Å². The molecule has 0 aromatic carbocycles. The first-order valence-corrected chi connectivity index (χ1v) is 5.36. The second kappa shape index (κ2) is 7.65. The predicted octanol–water partition coefficient (Wildman–Crippen LogP) is -0.120. The van der Waals surface area contributed by atoms with Gasteiger partial charge in [0.1, 0.15) is 5.60 Å². The van der Waals surface area contributed by atoms with E-state index in [4.69, 9.17) is 4.74 Å². The van der Waals surface area contributed by atoms with Crippen LogP contribution in [0.2, 0.25) is 0 Å². The second-order valence-electron chi connectivity index (χ2n) is 4.54. The number of amides is 2. The van der Waals surface area contributed by atoms with Gasteiger partial charge in [-0.25, -0.2) is 4.79 Å². The minimum absolute atomic E-state index is 0. The van der Waals surface area contributed by atoms with E-state index in [2.05, 4.69) is 10.6 Å². The van der Waals surface area contributed by atoms with E-state index in [0.717, 1.165) is 0 Å². The molecule has 0 heterocycles. The van der Waals surface area contributed by atoms with E-state index in [1.165, 1.54) is 13.5 Å². The molecular formula is C11H19FmN2O4-.